The Kier molecular flexibility index (Phi) is 5.97. The molecule has 0 radical (unpaired) electrons. The second-order valence-electron chi connectivity index (χ2n) is 6.53. The molecule has 0 amide bonds. The number of hydrogen-bond donors (Lipinski definition) is 1. The molecule has 1 heterocycles. The summed E-state index contributed by atoms with van der Waals surface area (Å²) in [5.74, 6) is -0.0604. The van der Waals surface area contributed by atoms with Crippen molar-refractivity contribution in [1.82, 2.24) is 9.97 Å². The molecular formula is C22H23N3O4. The lowest BCUT2D eigenvalue weighted by atomic mass is 10.1. The van der Waals surface area contributed by atoms with Gasteiger partial charge in [-0.2, -0.15) is 0 Å². The van der Waals surface area contributed by atoms with Crippen molar-refractivity contribution in [2.75, 3.05) is 32.7 Å². The van der Waals surface area contributed by atoms with E-state index >= 15 is 0 Å². The van der Waals surface area contributed by atoms with E-state index in [9.17, 15) is 9.59 Å². The van der Waals surface area contributed by atoms with Crippen molar-refractivity contribution in [2.45, 2.75) is 6.92 Å². The Morgan fingerprint density at radius 1 is 1.21 bits per heavy atom. The maximum atomic E-state index is 12.7. The predicted octanol–water partition coefficient (Wildman–Crippen LogP) is 3.10. The summed E-state index contributed by atoms with van der Waals surface area (Å²) in [6.45, 7) is 1.89. The van der Waals surface area contributed by atoms with Crippen LogP contribution >= 0.6 is 0 Å². The number of H-pyrrole nitrogens is 1. The number of fused-ring (bicyclic) bond motifs is 1. The molecule has 3 aromatic rings. The number of esters is 1. The van der Waals surface area contributed by atoms with Gasteiger partial charge in [-0.15, -0.1) is 0 Å². The average Bonchev–Trinajstić information content (AvgIpc) is 2.71. The SMILES string of the molecule is CCOC(=O)/C(=C\c1ccc(N(C)C)cc1OC)c1nc2ccccc2[nH]c1=O. The minimum Gasteiger partial charge on any atom is -0.496 e. The van der Waals surface area contributed by atoms with Crippen LogP contribution in [-0.2, 0) is 9.53 Å². The lowest BCUT2D eigenvalue weighted by molar-refractivity contribution is -0.136. The summed E-state index contributed by atoms with van der Waals surface area (Å²) in [4.78, 5) is 34.5. The number of aromatic amines is 1. The Hall–Kier alpha value is -3.61. The van der Waals surface area contributed by atoms with Gasteiger partial charge in [0.1, 0.15) is 11.4 Å². The van der Waals surface area contributed by atoms with E-state index in [2.05, 4.69) is 9.97 Å². The highest BCUT2D eigenvalue weighted by atomic mass is 16.5. The second-order valence-corrected chi connectivity index (χ2v) is 6.53. The zero-order valence-electron chi connectivity index (χ0n) is 16.9. The van der Waals surface area contributed by atoms with Crippen LogP contribution in [0.25, 0.3) is 22.7 Å². The second kappa shape index (κ2) is 8.60. The number of anilines is 1. The highest BCUT2D eigenvalue weighted by Crippen LogP contribution is 2.28. The van der Waals surface area contributed by atoms with E-state index in [1.54, 1.807) is 38.3 Å². The Morgan fingerprint density at radius 2 is 1.97 bits per heavy atom. The first-order valence-electron chi connectivity index (χ1n) is 9.18. The average molecular weight is 393 g/mol. The number of benzene rings is 2. The Morgan fingerprint density at radius 3 is 2.66 bits per heavy atom. The molecule has 0 spiro atoms. The third kappa shape index (κ3) is 4.29. The molecule has 0 aliphatic carbocycles. The zero-order chi connectivity index (χ0) is 21.0. The zero-order valence-corrected chi connectivity index (χ0v) is 16.9. The normalized spacial score (nSPS) is 11.4. The van der Waals surface area contributed by atoms with Crippen molar-refractivity contribution in [1.29, 1.82) is 0 Å². The van der Waals surface area contributed by atoms with Crippen molar-refractivity contribution >= 4 is 34.3 Å². The molecule has 1 N–H and O–H groups in total. The van der Waals surface area contributed by atoms with Crippen LogP contribution in [0.2, 0.25) is 0 Å². The first-order chi connectivity index (χ1) is 13.9. The third-order valence-corrected chi connectivity index (χ3v) is 4.38. The van der Waals surface area contributed by atoms with Gasteiger partial charge in [-0.25, -0.2) is 9.78 Å². The molecule has 3 rings (SSSR count). The number of hydrogen-bond acceptors (Lipinski definition) is 6. The molecule has 7 heteroatoms. The lowest BCUT2D eigenvalue weighted by Gasteiger charge is -2.15. The van der Waals surface area contributed by atoms with E-state index in [0.29, 0.717) is 22.3 Å². The molecule has 0 fully saturated rings. The van der Waals surface area contributed by atoms with Gasteiger partial charge >= 0.3 is 5.97 Å². The van der Waals surface area contributed by atoms with Crippen molar-refractivity contribution in [3.63, 3.8) is 0 Å². The number of carbonyl (C=O) groups excluding carboxylic acids is 1. The molecule has 1 aromatic heterocycles. The summed E-state index contributed by atoms with van der Waals surface area (Å²) in [5, 5.41) is 0. The molecule has 0 saturated heterocycles. The molecule has 0 bridgehead atoms. The van der Waals surface area contributed by atoms with Gasteiger partial charge in [0.25, 0.3) is 5.56 Å². The lowest BCUT2D eigenvalue weighted by Crippen LogP contribution is -2.19. The number of para-hydroxylation sites is 2. The van der Waals surface area contributed by atoms with E-state index in [-0.39, 0.29) is 17.9 Å². The predicted molar refractivity (Wildman–Crippen MR) is 114 cm³/mol. The fourth-order valence-corrected chi connectivity index (χ4v) is 2.90. The summed E-state index contributed by atoms with van der Waals surface area (Å²) in [6.07, 6.45) is 1.57. The van der Waals surface area contributed by atoms with Crippen molar-refractivity contribution in [3.8, 4) is 5.75 Å². The van der Waals surface area contributed by atoms with E-state index < -0.39 is 11.5 Å². The number of aromatic nitrogens is 2. The standard InChI is InChI=1S/C22H23N3O4/c1-5-29-22(27)16(12-14-10-11-15(25(2)3)13-19(14)28-4)20-21(26)24-18-9-7-6-8-17(18)23-20/h6-13H,5H2,1-4H3,(H,24,26)/b16-12-. The van der Waals surface area contributed by atoms with E-state index in [0.717, 1.165) is 5.69 Å². The third-order valence-electron chi connectivity index (χ3n) is 4.38. The van der Waals surface area contributed by atoms with Crippen molar-refractivity contribution in [2.24, 2.45) is 0 Å². The number of nitrogens with one attached hydrogen (secondary N) is 1. The molecular weight excluding hydrogens is 370 g/mol. The summed E-state index contributed by atoms with van der Waals surface area (Å²) >= 11 is 0. The van der Waals surface area contributed by atoms with E-state index in [1.165, 1.54) is 0 Å². The first-order valence-corrected chi connectivity index (χ1v) is 9.18. The van der Waals surface area contributed by atoms with Crippen LogP contribution < -0.4 is 15.2 Å². The molecule has 0 aliphatic rings. The summed E-state index contributed by atoms with van der Waals surface area (Å²) in [6, 6.07) is 12.7. The van der Waals surface area contributed by atoms with Crippen LogP contribution in [-0.4, -0.2) is 43.7 Å². The molecule has 0 atom stereocenters. The molecule has 29 heavy (non-hydrogen) atoms. The van der Waals surface area contributed by atoms with E-state index in [4.69, 9.17) is 9.47 Å². The Labute approximate surface area is 168 Å². The van der Waals surface area contributed by atoms with Gasteiger partial charge in [0.2, 0.25) is 0 Å². The maximum Gasteiger partial charge on any atom is 0.340 e. The van der Waals surface area contributed by atoms with Gasteiger partial charge in [-0.05, 0) is 37.3 Å². The quantitative estimate of drug-likeness (QED) is 0.512. The van der Waals surface area contributed by atoms with Crippen LogP contribution in [0.1, 0.15) is 18.2 Å². The molecule has 0 unspecified atom stereocenters. The fraction of sp³-hybridized carbons (Fsp3) is 0.227. The number of nitrogens with zero attached hydrogens (tertiary/aromatic N) is 2. The van der Waals surface area contributed by atoms with Gasteiger partial charge < -0.3 is 19.4 Å². The van der Waals surface area contributed by atoms with Crippen LogP contribution in [0.15, 0.2) is 47.3 Å². The molecule has 0 saturated carbocycles. The molecule has 150 valence electrons. The van der Waals surface area contributed by atoms with Crippen LogP contribution in [0.4, 0.5) is 5.69 Å². The minimum absolute atomic E-state index is 0.000823. The number of carbonyl (C=O) groups is 1. The number of ether oxygens (including phenoxy) is 2. The molecule has 0 aliphatic heterocycles. The fourth-order valence-electron chi connectivity index (χ4n) is 2.90. The van der Waals surface area contributed by atoms with Crippen molar-refractivity contribution in [3.05, 3.63) is 64.1 Å². The van der Waals surface area contributed by atoms with Gasteiger partial charge in [-0.1, -0.05) is 12.1 Å². The monoisotopic (exact) mass is 393 g/mol. The Balaban J connectivity index is 2.20. The highest BCUT2D eigenvalue weighted by Gasteiger charge is 2.20. The van der Waals surface area contributed by atoms with Gasteiger partial charge in [0.05, 0.1) is 30.3 Å². The molecule has 7 nitrogen and oxygen atoms in total. The smallest absolute Gasteiger partial charge is 0.340 e. The maximum absolute atomic E-state index is 12.7. The molecule has 2 aromatic carbocycles. The summed E-state index contributed by atoms with van der Waals surface area (Å²) < 4.78 is 10.7. The Bertz CT molecular complexity index is 1130. The van der Waals surface area contributed by atoms with Crippen LogP contribution in [0, 0.1) is 0 Å². The van der Waals surface area contributed by atoms with Gasteiger partial charge in [0, 0.05) is 31.4 Å². The summed E-state index contributed by atoms with van der Waals surface area (Å²) in [5.41, 5.74) is 2.35. The van der Waals surface area contributed by atoms with E-state index in [1.807, 2.05) is 43.3 Å². The van der Waals surface area contributed by atoms with Crippen molar-refractivity contribution < 1.29 is 14.3 Å². The highest BCUT2D eigenvalue weighted by molar-refractivity contribution is 6.21. The minimum atomic E-state index is -0.625. The topological polar surface area (TPSA) is 84.5 Å². The first kappa shape index (κ1) is 20.1. The number of methoxy groups -OCH3 is 1. The van der Waals surface area contributed by atoms with Gasteiger partial charge in [-0.3, -0.25) is 4.79 Å². The summed E-state index contributed by atoms with van der Waals surface area (Å²) in [7, 11) is 5.40. The largest absolute Gasteiger partial charge is 0.496 e. The van der Waals surface area contributed by atoms with Crippen LogP contribution in [0.3, 0.4) is 0 Å². The van der Waals surface area contributed by atoms with Crippen LogP contribution in [0.5, 0.6) is 5.75 Å². The van der Waals surface area contributed by atoms with Gasteiger partial charge in [0.15, 0.2) is 0 Å². The number of rotatable bonds is 6.